The predicted octanol–water partition coefficient (Wildman–Crippen LogP) is 4.33. The van der Waals surface area contributed by atoms with Crippen LogP contribution in [0.1, 0.15) is 30.7 Å². The van der Waals surface area contributed by atoms with Crippen molar-refractivity contribution in [2.24, 2.45) is 5.92 Å². The number of hydrogen-bond acceptors (Lipinski definition) is 2. The molecular weight excluding hydrogens is 397 g/mol. The summed E-state index contributed by atoms with van der Waals surface area (Å²) < 4.78 is 54.6. The minimum atomic E-state index is -1.60. The second-order valence-electron chi connectivity index (χ2n) is 7.99. The first-order chi connectivity index (χ1) is 14.0. The van der Waals surface area contributed by atoms with Crippen LogP contribution in [0.5, 0.6) is 0 Å². The lowest BCUT2D eigenvalue weighted by Crippen LogP contribution is -2.37. The Hall–Kier alpha value is -1.70. The summed E-state index contributed by atoms with van der Waals surface area (Å²) in [6, 6.07) is 10.0. The number of piperidine rings is 1. The molecular formula is C22H25F3N2OS. The van der Waals surface area contributed by atoms with Crippen LogP contribution >= 0.6 is 0 Å². The molecule has 2 aliphatic rings. The van der Waals surface area contributed by atoms with Crippen molar-refractivity contribution >= 4 is 11.0 Å². The maximum atomic E-state index is 13.9. The number of benzene rings is 2. The summed E-state index contributed by atoms with van der Waals surface area (Å²) in [6.45, 7) is 4.24. The summed E-state index contributed by atoms with van der Waals surface area (Å²) in [7, 11) is -1.60. The first kappa shape index (κ1) is 20.6. The fraction of sp³-hybridized carbons (Fsp3) is 0.455. The van der Waals surface area contributed by atoms with Crippen molar-refractivity contribution in [3.63, 3.8) is 0 Å². The molecule has 2 unspecified atom stereocenters. The highest BCUT2D eigenvalue weighted by atomic mass is 32.2. The van der Waals surface area contributed by atoms with E-state index < -0.39 is 22.6 Å². The zero-order valence-corrected chi connectivity index (χ0v) is 17.0. The molecule has 4 rings (SSSR count). The van der Waals surface area contributed by atoms with Gasteiger partial charge in [-0.25, -0.2) is 21.7 Å². The van der Waals surface area contributed by atoms with Crippen LogP contribution in [0.4, 0.5) is 13.2 Å². The lowest BCUT2D eigenvalue weighted by Gasteiger charge is -2.33. The lowest BCUT2D eigenvalue weighted by molar-refractivity contribution is 0.185. The van der Waals surface area contributed by atoms with Crippen LogP contribution in [0.15, 0.2) is 47.4 Å². The fourth-order valence-electron chi connectivity index (χ4n) is 4.40. The molecule has 7 heteroatoms. The van der Waals surface area contributed by atoms with E-state index in [9.17, 15) is 17.4 Å². The van der Waals surface area contributed by atoms with Gasteiger partial charge in [0.25, 0.3) is 0 Å². The van der Waals surface area contributed by atoms with Gasteiger partial charge in [-0.05, 0) is 74.0 Å². The van der Waals surface area contributed by atoms with Gasteiger partial charge in [0.15, 0.2) is 0 Å². The third kappa shape index (κ3) is 4.90. The number of likely N-dealkylation sites (tertiary alicyclic amines) is 1. The molecule has 2 heterocycles. The highest BCUT2D eigenvalue weighted by Crippen LogP contribution is 2.30. The van der Waals surface area contributed by atoms with Gasteiger partial charge in [0.05, 0.1) is 4.90 Å². The van der Waals surface area contributed by atoms with Gasteiger partial charge in [-0.15, -0.1) is 0 Å². The van der Waals surface area contributed by atoms with E-state index in [1.807, 2.05) is 12.1 Å². The molecule has 2 aliphatic heterocycles. The molecule has 2 aromatic carbocycles. The lowest BCUT2D eigenvalue weighted by atomic mass is 9.89. The molecule has 2 aromatic rings. The molecule has 2 atom stereocenters. The average Bonchev–Trinajstić information content (AvgIpc) is 3.17. The van der Waals surface area contributed by atoms with Crippen molar-refractivity contribution < 1.29 is 17.4 Å². The first-order valence-electron chi connectivity index (χ1n) is 10.1. The van der Waals surface area contributed by atoms with Crippen LogP contribution in [-0.4, -0.2) is 46.1 Å². The van der Waals surface area contributed by atoms with E-state index in [4.69, 9.17) is 0 Å². The van der Waals surface area contributed by atoms with Crippen molar-refractivity contribution in [3.8, 4) is 0 Å². The van der Waals surface area contributed by atoms with Gasteiger partial charge in [-0.1, -0.05) is 12.1 Å². The van der Waals surface area contributed by atoms with Crippen LogP contribution in [0, 0.1) is 23.4 Å². The van der Waals surface area contributed by atoms with Crippen LogP contribution in [0.3, 0.4) is 0 Å². The molecule has 0 N–H and O–H groups in total. The van der Waals surface area contributed by atoms with Gasteiger partial charge in [0.2, 0.25) is 0 Å². The number of rotatable bonds is 5. The van der Waals surface area contributed by atoms with Crippen molar-refractivity contribution in [2.45, 2.75) is 30.1 Å². The monoisotopic (exact) mass is 422 g/mol. The van der Waals surface area contributed by atoms with Gasteiger partial charge in [0.1, 0.15) is 28.4 Å². The predicted molar refractivity (Wildman–Crippen MR) is 107 cm³/mol. The van der Waals surface area contributed by atoms with Gasteiger partial charge < -0.3 is 4.90 Å². The van der Waals surface area contributed by atoms with E-state index in [0.717, 1.165) is 51.0 Å². The van der Waals surface area contributed by atoms with Gasteiger partial charge in [-0.2, -0.15) is 0 Å². The molecule has 29 heavy (non-hydrogen) atoms. The summed E-state index contributed by atoms with van der Waals surface area (Å²) >= 11 is 0. The molecule has 0 bridgehead atoms. The SMILES string of the molecule is O=S(c1ccc(F)cc1F)N1CCC(CN2CCC(c3ccc(F)cc3)CC2)C1. The highest BCUT2D eigenvalue weighted by Gasteiger charge is 2.31. The maximum absolute atomic E-state index is 13.9. The quantitative estimate of drug-likeness (QED) is 0.716. The highest BCUT2D eigenvalue weighted by molar-refractivity contribution is 7.82. The Labute approximate surface area is 172 Å². The molecule has 2 saturated heterocycles. The molecule has 0 spiro atoms. The summed E-state index contributed by atoms with van der Waals surface area (Å²) in [5.41, 5.74) is 1.20. The number of hydrogen-bond donors (Lipinski definition) is 0. The first-order valence-corrected chi connectivity index (χ1v) is 11.2. The molecule has 2 fully saturated rings. The largest absolute Gasteiger partial charge is 0.303 e. The zero-order chi connectivity index (χ0) is 20.4. The Bertz CT molecular complexity index is 869. The molecule has 0 amide bonds. The van der Waals surface area contributed by atoms with E-state index in [1.165, 1.54) is 23.8 Å². The van der Waals surface area contributed by atoms with Crippen LogP contribution in [0.2, 0.25) is 0 Å². The summed E-state index contributed by atoms with van der Waals surface area (Å²) in [5.74, 6) is -0.748. The minimum absolute atomic E-state index is 0.0483. The van der Waals surface area contributed by atoms with Crippen molar-refractivity contribution in [2.75, 3.05) is 32.7 Å². The van der Waals surface area contributed by atoms with Crippen LogP contribution in [-0.2, 0) is 11.0 Å². The van der Waals surface area contributed by atoms with E-state index in [2.05, 4.69) is 4.90 Å². The summed E-state index contributed by atoms with van der Waals surface area (Å²) in [4.78, 5) is 2.49. The zero-order valence-electron chi connectivity index (χ0n) is 16.2. The summed E-state index contributed by atoms with van der Waals surface area (Å²) in [5, 5.41) is 0. The third-order valence-corrected chi connectivity index (χ3v) is 7.52. The molecule has 3 nitrogen and oxygen atoms in total. The Morgan fingerprint density at radius 2 is 1.59 bits per heavy atom. The van der Waals surface area contributed by atoms with E-state index in [0.29, 0.717) is 24.9 Å². The smallest absolute Gasteiger partial charge is 0.143 e. The molecule has 0 aliphatic carbocycles. The van der Waals surface area contributed by atoms with Crippen molar-refractivity contribution in [1.82, 2.24) is 9.21 Å². The Kier molecular flexibility index (Phi) is 6.37. The van der Waals surface area contributed by atoms with E-state index >= 15 is 0 Å². The Morgan fingerprint density at radius 3 is 2.28 bits per heavy atom. The van der Waals surface area contributed by atoms with Gasteiger partial charge >= 0.3 is 0 Å². The topological polar surface area (TPSA) is 23.6 Å². The normalized spacial score (nSPS) is 22.8. The Balaban J connectivity index is 1.27. The van der Waals surface area contributed by atoms with Crippen LogP contribution in [0.25, 0.3) is 0 Å². The second kappa shape index (κ2) is 8.98. The second-order valence-corrected chi connectivity index (χ2v) is 9.45. The van der Waals surface area contributed by atoms with E-state index in [-0.39, 0.29) is 10.7 Å². The molecule has 156 valence electrons. The average molecular weight is 423 g/mol. The number of nitrogens with zero attached hydrogens (tertiary/aromatic N) is 2. The van der Waals surface area contributed by atoms with Crippen molar-refractivity contribution in [3.05, 3.63) is 65.5 Å². The fourth-order valence-corrected chi connectivity index (χ4v) is 5.71. The van der Waals surface area contributed by atoms with Gasteiger partial charge in [-0.3, -0.25) is 0 Å². The molecule has 0 saturated carbocycles. The minimum Gasteiger partial charge on any atom is -0.303 e. The third-order valence-electron chi connectivity index (χ3n) is 6.01. The van der Waals surface area contributed by atoms with Crippen molar-refractivity contribution in [1.29, 1.82) is 0 Å². The maximum Gasteiger partial charge on any atom is 0.143 e. The molecule has 0 radical (unpaired) electrons. The molecule has 0 aromatic heterocycles. The Morgan fingerprint density at radius 1 is 0.897 bits per heavy atom. The number of halogens is 3. The summed E-state index contributed by atoms with van der Waals surface area (Å²) in [6.07, 6.45) is 3.02. The van der Waals surface area contributed by atoms with Crippen LogP contribution < -0.4 is 0 Å². The van der Waals surface area contributed by atoms with E-state index in [1.54, 1.807) is 4.31 Å². The standard InChI is InChI=1S/C22H25F3N2OS/c23-19-3-1-17(2-4-19)18-8-10-26(11-9-18)14-16-7-12-27(15-16)29(28)22-6-5-20(24)13-21(22)25/h1-6,13,16,18H,7-12,14-15H2. The van der Waals surface area contributed by atoms with Gasteiger partial charge in [0, 0.05) is 25.7 Å².